The Morgan fingerprint density at radius 1 is 1.71 bits per heavy atom. The summed E-state index contributed by atoms with van der Waals surface area (Å²) in [5, 5.41) is 10.8. The maximum Gasteiger partial charge on any atom is 0.233 e. The summed E-state index contributed by atoms with van der Waals surface area (Å²) >= 11 is 4.03. The van der Waals surface area contributed by atoms with Gasteiger partial charge in [0, 0.05) is 6.61 Å². The molecule has 14 heavy (non-hydrogen) atoms. The van der Waals surface area contributed by atoms with Crippen LogP contribution in [0.1, 0.15) is 12.2 Å². The van der Waals surface area contributed by atoms with E-state index in [-0.39, 0.29) is 12.5 Å². The van der Waals surface area contributed by atoms with Crippen molar-refractivity contribution in [2.75, 3.05) is 6.61 Å². The molecule has 0 bridgehead atoms. The number of carbonyl (C=O) groups excluding carboxylic acids is 1. The Balaban J connectivity index is 2.27. The number of rotatable bonds is 5. The quantitative estimate of drug-likeness (QED) is 0.629. The maximum absolute atomic E-state index is 11.3. The molecular weight excluding hydrogens is 202 g/mol. The smallest absolute Gasteiger partial charge is 0.233 e. The summed E-state index contributed by atoms with van der Waals surface area (Å²) in [5.41, 5.74) is 0. The molecule has 1 rings (SSSR count). The van der Waals surface area contributed by atoms with Gasteiger partial charge in [-0.15, -0.1) is 0 Å². The normalized spacial score (nSPS) is 12.4. The van der Waals surface area contributed by atoms with Crippen LogP contribution in [-0.2, 0) is 11.3 Å². The van der Waals surface area contributed by atoms with E-state index in [1.165, 1.54) is 0 Å². The second-order valence-electron chi connectivity index (χ2n) is 2.83. The number of carbonyl (C=O) groups is 1. The third-order valence-electron chi connectivity index (χ3n) is 1.72. The number of aliphatic hydroxyl groups is 1. The average Bonchev–Trinajstić information content (AvgIpc) is 2.67. The molecule has 2 N–H and O–H groups in total. The third-order valence-corrected chi connectivity index (χ3v) is 2.21. The molecule has 0 saturated carbocycles. The lowest BCUT2D eigenvalue weighted by molar-refractivity contribution is -0.121. The lowest BCUT2D eigenvalue weighted by Gasteiger charge is -2.08. The SMILES string of the molecule is O=C(NCc1ccco1)C(S)CCO. The van der Waals surface area contributed by atoms with Crippen molar-refractivity contribution in [3.63, 3.8) is 0 Å². The van der Waals surface area contributed by atoms with E-state index in [0.29, 0.717) is 18.7 Å². The van der Waals surface area contributed by atoms with Gasteiger partial charge in [-0.05, 0) is 18.6 Å². The van der Waals surface area contributed by atoms with Gasteiger partial charge in [-0.25, -0.2) is 0 Å². The van der Waals surface area contributed by atoms with Crippen molar-refractivity contribution < 1.29 is 14.3 Å². The Kier molecular flexibility index (Phi) is 4.55. The zero-order chi connectivity index (χ0) is 10.4. The number of amides is 1. The van der Waals surface area contributed by atoms with Crippen LogP contribution in [0.4, 0.5) is 0 Å². The molecule has 0 radical (unpaired) electrons. The van der Waals surface area contributed by atoms with Crippen LogP contribution in [0.15, 0.2) is 22.8 Å². The van der Waals surface area contributed by atoms with Gasteiger partial charge in [-0.2, -0.15) is 12.6 Å². The highest BCUT2D eigenvalue weighted by molar-refractivity contribution is 7.81. The van der Waals surface area contributed by atoms with E-state index in [1.807, 2.05) is 0 Å². The Morgan fingerprint density at radius 2 is 2.50 bits per heavy atom. The Hall–Kier alpha value is -0.940. The fraction of sp³-hybridized carbons (Fsp3) is 0.444. The van der Waals surface area contributed by atoms with Crippen molar-refractivity contribution in [3.8, 4) is 0 Å². The minimum Gasteiger partial charge on any atom is -0.467 e. The molecule has 1 heterocycles. The van der Waals surface area contributed by atoms with Gasteiger partial charge < -0.3 is 14.8 Å². The third kappa shape index (κ3) is 3.43. The molecule has 0 aliphatic rings. The van der Waals surface area contributed by atoms with Crippen LogP contribution in [0.2, 0.25) is 0 Å². The van der Waals surface area contributed by atoms with Gasteiger partial charge in [-0.1, -0.05) is 0 Å². The van der Waals surface area contributed by atoms with Crippen LogP contribution in [0.3, 0.4) is 0 Å². The molecule has 1 amide bonds. The highest BCUT2D eigenvalue weighted by atomic mass is 32.1. The first-order valence-electron chi connectivity index (χ1n) is 4.33. The van der Waals surface area contributed by atoms with Crippen LogP contribution >= 0.6 is 12.6 Å². The first-order chi connectivity index (χ1) is 6.74. The topological polar surface area (TPSA) is 62.5 Å². The molecular formula is C9H13NO3S. The lowest BCUT2D eigenvalue weighted by Crippen LogP contribution is -2.31. The summed E-state index contributed by atoms with van der Waals surface area (Å²) in [4.78, 5) is 11.3. The Labute approximate surface area is 87.7 Å². The number of furan rings is 1. The fourth-order valence-corrected chi connectivity index (χ4v) is 1.17. The van der Waals surface area contributed by atoms with Crippen molar-refractivity contribution in [2.45, 2.75) is 18.2 Å². The second-order valence-corrected chi connectivity index (χ2v) is 3.45. The molecule has 4 nitrogen and oxygen atoms in total. The molecule has 5 heteroatoms. The molecule has 0 aromatic carbocycles. The largest absolute Gasteiger partial charge is 0.467 e. The summed E-state index contributed by atoms with van der Waals surface area (Å²) < 4.78 is 5.03. The zero-order valence-corrected chi connectivity index (χ0v) is 8.54. The molecule has 1 unspecified atom stereocenters. The first kappa shape index (κ1) is 11.1. The van der Waals surface area contributed by atoms with Gasteiger partial charge in [0.15, 0.2) is 0 Å². The van der Waals surface area contributed by atoms with E-state index in [4.69, 9.17) is 9.52 Å². The molecule has 0 aliphatic heterocycles. The number of hydrogen-bond donors (Lipinski definition) is 3. The molecule has 0 spiro atoms. The molecule has 0 fully saturated rings. The summed E-state index contributed by atoms with van der Waals surface area (Å²) in [5.74, 6) is 0.502. The summed E-state index contributed by atoms with van der Waals surface area (Å²) in [7, 11) is 0. The van der Waals surface area contributed by atoms with Gasteiger partial charge in [0.25, 0.3) is 0 Å². The van der Waals surface area contributed by atoms with E-state index in [9.17, 15) is 4.79 Å². The van der Waals surface area contributed by atoms with Crippen LogP contribution < -0.4 is 5.32 Å². The standard InChI is InChI=1S/C9H13NO3S/c11-4-3-8(14)9(12)10-6-7-2-1-5-13-7/h1-2,5,8,11,14H,3-4,6H2,(H,10,12). The number of thiol groups is 1. The first-order valence-corrected chi connectivity index (χ1v) is 4.84. The molecule has 0 saturated heterocycles. The fourth-order valence-electron chi connectivity index (χ4n) is 0.959. The Bertz CT molecular complexity index is 274. The van der Waals surface area contributed by atoms with E-state index in [1.54, 1.807) is 18.4 Å². The molecule has 1 aromatic heterocycles. The van der Waals surface area contributed by atoms with E-state index in [0.717, 1.165) is 0 Å². The maximum atomic E-state index is 11.3. The van der Waals surface area contributed by atoms with E-state index in [2.05, 4.69) is 17.9 Å². The van der Waals surface area contributed by atoms with Crippen molar-refractivity contribution in [3.05, 3.63) is 24.2 Å². The van der Waals surface area contributed by atoms with E-state index < -0.39 is 5.25 Å². The minimum atomic E-state index is -0.463. The van der Waals surface area contributed by atoms with Crippen LogP contribution in [-0.4, -0.2) is 22.9 Å². The van der Waals surface area contributed by atoms with Gasteiger partial charge in [0.2, 0.25) is 5.91 Å². The number of hydrogen-bond acceptors (Lipinski definition) is 4. The average molecular weight is 215 g/mol. The number of nitrogens with one attached hydrogen (secondary N) is 1. The predicted octanol–water partition coefficient (Wildman–Crippen LogP) is 0.577. The molecule has 78 valence electrons. The zero-order valence-electron chi connectivity index (χ0n) is 7.64. The predicted molar refractivity (Wildman–Crippen MR) is 55.0 cm³/mol. The van der Waals surface area contributed by atoms with Gasteiger partial charge in [-0.3, -0.25) is 4.79 Å². The number of aliphatic hydroxyl groups excluding tert-OH is 1. The molecule has 0 aliphatic carbocycles. The van der Waals surface area contributed by atoms with Crippen LogP contribution in [0.25, 0.3) is 0 Å². The van der Waals surface area contributed by atoms with Crippen LogP contribution in [0, 0.1) is 0 Å². The highest BCUT2D eigenvalue weighted by Gasteiger charge is 2.12. The van der Waals surface area contributed by atoms with Gasteiger partial charge in [0.05, 0.1) is 18.1 Å². The van der Waals surface area contributed by atoms with Gasteiger partial charge >= 0.3 is 0 Å². The molecule has 1 atom stereocenters. The summed E-state index contributed by atoms with van der Waals surface area (Å²) in [6.45, 7) is 0.316. The Morgan fingerprint density at radius 3 is 3.07 bits per heavy atom. The lowest BCUT2D eigenvalue weighted by atomic mass is 10.3. The van der Waals surface area contributed by atoms with Crippen molar-refractivity contribution in [1.82, 2.24) is 5.32 Å². The van der Waals surface area contributed by atoms with E-state index >= 15 is 0 Å². The van der Waals surface area contributed by atoms with Gasteiger partial charge in [0.1, 0.15) is 5.76 Å². The van der Waals surface area contributed by atoms with Crippen molar-refractivity contribution >= 4 is 18.5 Å². The second kappa shape index (κ2) is 5.72. The van der Waals surface area contributed by atoms with Crippen molar-refractivity contribution in [2.24, 2.45) is 0 Å². The highest BCUT2D eigenvalue weighted by Crippen LogP contribution is 2.02. The van der Waals surface area contributed by atoms with Crippen LogP contribution in [0.5, 0.6) is 0 Å². The minimum absolute atomic E-state index is 0.0393. The summed E-state index contributed by atoms with van der Waals surface area (Å²) in [6.07, 6.45) is 1.90. The molecule has 1 aromatic rings. The van der Waals surface area contributed by atoms with Crippen molar-refractivity contribution in [1.29, 1.82) is 0 Å². The monoisotopic (exact) mass is 215 g/mol. The summed E-state index contributed by atoms with van der Waals surface area (Å²) in [6, 6.07) is 3.53.